The van der Waals surface area contributed by atoms with Crippen LogP contribution in [0.5, 0.6) is 0 Å². The molecule has 3 heteroatoms. The Kier molecular flexibility index (Phi) is 16.2. The number of hydrogen-bond donors (Lipinski definition) is 2. The Morgan fingerprint density at radius 1 is 1.60 bits per heavy atom. The SMILES string of the molecule is F.NCCO. The second kappa shape index (κ2) is 9.14. The molecular weight excluding hydrogens is 73.0 g/mol. The molecule has 0 aliphatic rings. The molecule has 2 nitrogen and oxygen atoms in total. The van der Waals surface area contributed by atoms with E-state index in [4.69, 9.17) is 10.8 Å². The van der Waals surface area contributed by atoms with Crippen molar-refractivity contribution in [3.05, 3.63) is 0 Å². The summed E-state index contributed by atoms with van der Waals surface area (Å²) in [7, 11) is 0. The minimum absolute atomic E-state index is 0. The Morgan fingerprint density at radius 3 is 1.80 bits per heavy atom. The molecule has 34 valence electrons. The van der Waals surface area contributed by atoms with Crippen molar-refractivity contribution < 1.29 is 9.81 Å². The molecule has 0 fully saturated rings. The minimum Gasteiger partial charge on any atom is -0.395 e. The van der Waals surface area contributed by atoms with E-state index < -0.39 is 0 Å². The highest BCUT2D eigenvalue weighted by Crippen LogP contribution is 1.33. The Bertz CT molecular complexity index is 11.6. The third-order valence-corrected chi connectivity index (χ3v) is 0.129. The smallest absolute Gasteiger partial charge is 0.0553 e. The maximum Gasteiger partial charge on any atom is 0.0553 e. The van der Waals surface area contributed by atoms with Gasteiger partial charge in [0.2, 0.25) is 0 Å². The normalized spacial score (nSPS) is 6.00. The van der Waals surface area contributed by atoms with E-state index in [-0.39, 0.29) is 11.3 Å². The lowest BCUT2D eigenvalue weighted by Crippen LogP contribution is -2.02. The molecule has 0 saturated heterocycles. The number of nitrogens with two attached hydrogens (primary N) is 1. The molecular formula is C2H8FNO. The van der Waals surface area contributed by atoms with Gasteiger partial charge < -0.3 is 10.8 Å². The van der Waals surface area contributed by atoms with E-state index in [9.17, 15) is 0 Å². The molecule has 0 radical (unpaired) electrons. The highest BCUT2D eigenvalue weighted by Gasteiger charge is 1.56. The molecule has 0 bridgehead atoms. The van der Waals surface area contributed by atoms with Crippen LogP contribution >= 0.6 is 0 Å². The van der Waals surface area contributed by atoms with Gasteiger partial charge in [0, 0.05) is 6.54 Å². The van der Waals surface area contributed by atoms with Crippen molar-refractivity contribution in [1.29, 1.82) is 0 Å². The Labute approximate surface area is 30.0 Å². The van der Waals surface area contributed by atoms with Gasteiger partial charge in [-0.3, -0.25) is 4.70 Å². The third kappa shape index (κ3) is 18.2. The lowest BCUT2D eigenvalue weighted by molar-refractivity contribution is 0.306. The van der Waals surface area contributed by atoms with Crippen molar-refractivity contribution in [3.63, 3.8) is 0 Å². The summed E-state index contributed by atoms with van der Waals surface area (Å²) in [6.07, 6.45) is 0. The average molecular weight is 81.1 g/mol. The summed E-state index contributed by atoms with van der Waals surface area (Å²) in [6.45, 7) is 0.472. The molecule has 3 N–H and O–H groups in total. The fraction of sp³-hybridized carbons (Fsp3) is 1.00. The second-order valence-electron chi connectivity index (χ2n) is 0.512. The minimum atomic E-state index is 0. The van der Waals surface area contributed by atoms with Crippen LogP contribution in [0.1, 0.15) is 0 Å². The summed E-state index contributed by atoms with van der Waals surface area (Å²) >= 11 is 0. The summed E-state index contributed by atoms with van der Waals surface area (Å²) in [6, 6.07) is 0. The predicted molar refractivity (Wildman–Crippen MR) is 18.6 cm³/mol. The molecule has 0 aliphatic carbocycles. The van der Waals surface area contributed by atoms with E-state index in [1.54, 1.807) is 0 Å². The van der Waals surface area contributed by atoms with E-state index in [0.29, 0.717) is 6.54 Å². The van der Waals surface area contributed by atoms with Crippen molar-refractivity contribution in [2.75, 3.05) is 13.2 Å². The molecule has 0 aliphatic heterocycles. The molecule has 0 aromatic heterocycles. The Morgan fingerprint density at radius 2 is 1.80 bits per heavy atom. The van der Waals surface area contributed by atoms with Crippen molar-refractivity contribution in [2.45, 2.75) is 0 Å². The van der Waals surface area contributed by atoms with Crippen LogP contribution in [0.3, 0.4) is 0 Å². The zero-order valence-electron chi connectivity index (χ0n) is 2.85. The highest BCUT2D eigenvalue weighted by molar-refractivity contribution is 4.17. The van der Waals surface area contributed by atoms with Crippen molar-refractivity contribution in [3.8, 4) is 0 Å². The molecule has 0 unspecified atom stereocenters. The average Bonchev–Trinajstić information content (AvgIpc) is 1.37. The number of hydrogen-bond acceptors (Lipinski definition) is 2. The van der Waals surface area contributed by atoms with Crippen LogP contribution < -0.4 is 5.73 Å². The van der Waals surface area contributed by atoms with Gasteiger partial charge in [-0.1, -0.05) is 0 Å². The first kappa shape index (κ1) is 8.85. The molecule has 0 atom stereocenters. The number of rotatable bonds is 1. The molecule has 0 aromatic carbocycles. The van der Waals surface area contributed by atoms with Gasteiger partial charge >= 0.3 is 0 Å². The van der Waals surface area contributed by atoms with Crippen molar-refractivity contribution >= 4 is 0 Å². The van der Waals surface area contributed by atoms with E-state index in [2.05, 4.69) is 0 Å². The summed E-state index contributed by atoms with van der Waals surface area (Å²) in [5, 5.41) is 7.75. The number of halogens is 1. The number of aliphatic hydroxyl groups is 1. The van der Waals surface area contributed by atoms with Gasteiger partial charge in [0.05, 0.1) is 6.61 Å². The summed E-state index contributed by atoms with van der Waals surface area (Å²) in [5.74, 6) is 0. The lowest BCUT2D eigenvalue weighted by Gasteiger charge is -1.71. The van der Waals surface area contributed by atoms with Crippen LogP contribution in [-0.4, -0.2) is 18.3 Å². The first-order valence-electron chi connectivity index (χ1n) is 1.22. The topological polar surface area (TPSA) is 46.2 Å². The summed E-state index contributed by atoms with van der Waals surface area (Å²) in [4.78, 5) is 0. The van der Waals surface area contributed by atoms with E-state index in [1.807, 2.05) is 0 Å². The highest BCUT2D eigenvalue weighted by atomic mass is 19.0. The van der Waals surface area contributed by atoms with Crippen LogP contribution in [0.25, 0.3) is 0 Å². The predicted octanol–water partition coefficient (Wildman–Crippen LogP) is -0.910. The van der Waals surface area contributed by atoms with Crippen molar-refractivity contribution in [2.24, 2.45) is 5.73 Å². The van der Waals surface area contributed by atoms with Gasteiger partial charge in [0.15, 0.2) is 0 Å². The number of aliphatic hydroxyl groups excluding tert-OH is 1. The Balaban J connectivity index is 0. The summed E-state index contributed by atoms with van der Waals surface area (Å²) < 4.78 is 0. The largest absolute Gasteiger partial charge is 0.395 e. The van der Waals surface area contributed by atoms with Gasteiger partial charge in [0.1, 0.15) is 0 Å². The van der Waals surface area contributed by atoms with Gasteiger partial charge in [-0.05, 0) is 0 Å². The first-order chi connectivity index (χ1) is 1.91. The van der Waals surface area contributed by atoms with Crippen LogP contribution in [0.4, 0.5) is 4.70 Å². The van der Waals surface area contributed by atoms with Gasteiger partial charge in [-0.15, -0.1) is 0 Å². The lowest BCUT2D eigenvalue weighted by atomic mass is 10.8. The molecule has 0 rings (SSSR count). The quantitative estimate of drug-likeness (QED) is 0.429. The fourth-order valence-corrected chi connectivity index (χ4v) is 0. The van der Waals surface area contributed by atoms with E-state index in [0.717, 1.165) is 0 Å². The van der Waals surface area contributed by atoms with Crippen LogP contribution in [0, 0.1) is 0 Å². The van der Waals surface area contributed by atoms with Crippen LogP contribution in [-0.2, 0) is 0 Å². The third-order valence-electron chi connectivity index (χ3n) is 0.129. The van der Waals surface area contributed by atoms with Gasteiger partial charge in [-0.25, -0.2) is 0 Å². The zero-order valence-corrected chi connectivity index (χ0v) is 2.85. The molecule has 0 heterocycles. The van der Waals surface area contributed by atoms with E-state index >= 15 is 0 Å². The monoisotopic (exact) mass is 81.1 g/mol. The molecule has 0 aromatic rings. The van der Waals surface area contributed by atoms with Crippen LogP contribution in [0.15, 0.2) is 0 Å². The standard InChI is InChI=1S/C2H7NO.FH/c3-1-2-4;/h4H,1-3H2;1H. The zero-order chi connectivity index (χ0) is 3.41. The van der Waals surface area contributed by atoms with Gasteiger partial charge in [0.25, 0.3) is 0 Å². The second-order valence-corrected chi connectivity index (χ2v) is 0.512. The maximum absolute atomic E-state index is 7.75. The molecule has 0 saturated carbocycles. The first-order valence-corrected chi connectivity index (χ1v) is 1.22. The van der Waals surface area contributed by atoms with Crippen molar-refractivity contribution in [1.82, 2.24) is 0 Å². The maximum atomic E-state index is 7.75. The fourth-order valence-electron chi connectivity index (χ4n) is 0. The van der Waals surface area contributed by atoms with E-state index in [1.165, 1.54) is 0 Å². The van der Waals surface area contributed by atoms with Gasteiger partial charge in [-0.2, -0.15) is 0 Å². The summed E-state index contributed by atoms with van der Waals surface area (Å²) in [5.41, 5.74) is 4.78. The van der Waals surface area contributed by atoms with Crippen LogP contribution in [0.2, 0.25) is 0 Å². The molecule has 0 amide bonds. The molecule has 5 heavy (non-hydrogen) atoms. The molecule has 0 spiro atoms. The Hall–Kier alpha value is -0.150.